The van der Waals surface area contributed by atoms with Crippen molar-refractivity contribution < 1.29 is 14.6 Å². The first-order valence-corrected chi connectivity index (χ1v) is 9.32. The van der Waals surface area contributed by atoms with Gasteiger partial charge in [-0.2, -0.15) is 12.6 Å². The van der Waals surface area contributed by atoms with Crippen LogP contribution in [0.15, 0.2) is 47.8 Å². The SMILES string of the molecule is CC.CCS.Cc1ccc(NC(=O)CON=Cc2cccc([N+](=O)[O-])c2)cn1. The third-order valence-electron chi connectivity index (χ3n) is 2.75. The van der Waals surface area contributed by atoms with Crippen LogP contribution in [0.5, 0.6) is 0 Å². The molecule has 1 N–H and O–H groups in total. The van der Waals surface area contributed by atoms with Gasteiger partial charge in [0, 0.05) is 23.4 Å². The maximum absolute atomic E-state index is 11.6. The summed E-state index contributed by atoms with van der Waals surface area (Å²) >= 11 is 3.79. The van der Waals surface area contributed by atoms with Gasteiger partial charge in [0.1, 0.15) is 0 Å². The number of hydrogen-bond donors (Lipinski definition) is 2. The van der Waals surface area contributed by atoms with Gasteiger partial charge in [-0.3, -0.25) is 19.9 Å². The summed E-state index contributed by atoms with van der Waals surface area (Å²) in [6.45, 7) is 7.56. The van der Waals surface area contributed by atoms with Crippen LogP contribution in [0.3, 0.4) is 0 Å². The third-order valence-corrected chi connectivity index (χ3v) is 2.75. The zero-order valence-electron chi connectivity index (χ0n) is 16.5. The summed E-state index contributed by atoms with van der Waals surface area (Å²) in [7, 11) is 0. The summed E-state index contributed by atoms with van der Waals surface area (Å²) < 4.78 is 0. The number of carbonyl (C=O) groups is 1. The Morgan fingerprint density at radius 2 is 2.04 bits per heavy atom. The van der Waals surface area contributed by atoms with Crippen molar-refractivity contribution in [2.24, 2.45) is 5.16 Å². The van der Waals surface area contributed by atoms with Crippen molar-refractivity contribution in [3.8, 4) is 0 Å². The molecule has 2 rings (SSSR count). The number of non-ortho nitro benzene ring substituents is 1. The summed E-state index contributed by atoms with van der Waals surface area (Å²) in [4.78, 5) is 30.7. The monoisotopic (exact) mass is 406 g/mol. The number of aryl methyl sites for hydroxylation is 1. The Labute approximate surface area is 170 Å². The molecule has 0 aliphatic carbocycles. The van der Waals surface area contributed by atoms with E-state index in [4.69, 9.17) is 4.84 Å². The third kappa shape index (κ3) is 10.9. The van der Waals surface area contributed by atoms with Gasteiger partial charge in [-0.15, -0.1) is 0 Å². The van der Waals surface area contributed by atoms with Gasteiger partial charge in [0.2, 0.25) is 0 Å². The lowest BCUT2D eigenvalue weighted by molar-refractivity contribution is -0.384. The van der Waals surface area contributed by atoms with Crippen molar-refractivity contribution in [2.45, 2.75) is 27.7 Å². The quantitative estimate of drug-likeness (QED) is 0.323. The molecule has 0 radical (unpaired) electrons. The Balaban J connectivity index is 0.00000133. The van der Waals surface area contributed by atoms with Crippen LogP contribution in [-0.4, -0.2) is 34.4 Å². The minimum absolute atomic E-state index is 0.0430. The smallest absolute Gasteiger partial charge is 0.270 e. The molecule has 2 aromatic rings. The number of carbonyl (C=O) groups excluding carboxylic acids is 1. The molecular formula is C19H26N4O4S. The molecule has 0 aliphatic rings. The molecule has 9 heteroatoms. The first kappa shape index (κ1) is 25.1. The first-order valence-electron chi connectivity index (χ1n) is 8.69. The van der Waals surface area contributed by atoms with Crippen LogP contribution in [0, 0.1) is 17.0 Å². The van der Waals surface area contributed by atoms with E-state index in [1.807, 2.05) is 27.7 Å². The number of benzene rings is 1. The summed E-state index contributed by atoms with van der Waals surface area (Å²) in [6, 6.07) is 9.41. The van der Waals surface area contributed by atoms with E-state index in [0.29, 0.717) is 11.3 Å². The Bertz CT molecular complexity index is 752. The van der Waals surface area contributed by atoms with Crippen molar-refractivity contribution in [1.82, 2.24) is 4.98 Å². The van der Waals surface area contributed by atoms with E-state index in [0.717, 1.165) is 11.4 Å². The van der Waals surface area contributed by atoms with Gasteiger partial charge in [-0.25, -0.2) is 0 Å². The predicted octanol–water partition coefficient (Wildman–Crippen LogP) is 4.25. The molecule has 0 fully saturated rings. The highest BCUT2D eigenvalue weighted by atomic mass is 32.1. The van der Waals surface area contributed by atoms with Crippen LogP contribution >= 0.6 is 12.6 Å². The summed E-state index contributed by atoms with van der Waals surface area (Å²) in [6.07, 6.45) is 2.84. The molecule has 0 unspecified atom stereocenters. The highest BCUT2D eigenvalue weighted by molar-refractivity contribution is 7.80. The number of rotatable bonds is 6. The van der Waals surface area contributed by atoms with Gasteiger partial charge in [-0.05, 0) is 24.8 Å². The Kier molecular flexibility index (Phi) is 13.6. The van der Waals surface area contributed by atoms with Crippen LogP contribution in [0.1, 0.15) is 32.0 Å². The zero-order valence-corrected chi connectivity index (χ0v) is 17.3. The molecule has 1 heterocycles. The number of aromatic nitrogens is 1. The van der Waals surface area contributed by atoms with Crippen LogP contribution in [0.4, 0.5) is 11.4 Å². The maximum atomic E-state index is 11.6. The second-order valence-corrected chi connectivity index (χ2v) is 5.55. The van der Waals surface area contributed by atoms with E-state index in [2.05, 4.69) is 28.1 Å². The second-order valence-electron chi connectivity index (χ2n) is 4.91. The van der Waals surface area contributed by atoms with E-state index in [1.54, 1.807) is 24.4 Å². The molecule has 152 valence electrons. The Hall–Kier alpha value is -2.94. The number of nitro benzene ring substituents is 1. The number of amides is 1. The average molecular weight is 407 g/mol. The molecular weight excluding hydrogens is 380 g/mol. The molecule has 0 bridgehead atoms. The number of hydrogen-bond acceptors (Lipinski definition) is 7. The normalized spacial score (nSPS) is 9.46. The fourth-order valence-electron chi connectivity index (χ4n) is 1.65. The summed E-state index contributed by atoms with van der Waals surface area (Å²) in [5, 5.41) is 16.9. The molecule has 0 aliphatic heterocycles. The van der Waals surface area contributed by atoms with Crippen molar-refractivity contribution in [2.75, 3.05) is 17.7 Å². The van der Waals surface area contributed by atoms with Gasteiger partial charge in [-0.1, -0.05) is 38.1 Å². The van der Waals surface area contributed by atoms with Crippen LogP contribution in [-0.2, 0) is 9.63 Å². The summed E-state index contributed by atoms with van der Waals surface area (Å²) in [5.74, 6) is 0.562. The zero-order chi connectivity index (χ0) is 21.4. The molecule has 0 atom stereocenters. The van der Waals surface area contributed by atoms with E-state index in [1.165, 1.54) is 24.4 Å². The molecule has 0 spiro atoms. The van der Waals surface area contributed by atoms with Gasteiger partial charge < -0.3 is 10.2 Å². The Morgan fingerprint density at radius 3 is 2.61 bits per heavy atom. The van der Waals surface area contributed by atoms with Crippen molar-refractivity contribution in [1.29, 1.82) is 0 Å². The van der Waals surface area contributed by atoms with Crippen LogP contribution in [0.25, 0.3) is 0 Å². The molecule has 1 aromatic carbocycles. The number of thiol groups is 1. The van der Waals surface area contributed by atoms with Gasteiger partial charge in [0.25, 0.3) is 11.6 Å². The van der Waals surface area contributed by atoms with Crippen LogP contribution < -0.4 is 5.32 Å². The standard InChI is InChI=1S/C15H14N4O4.C2H6S.C2H6/c1-11-5-6-13(9-16-11)18-15(20)10-23-17-8-12-3-2-4-14(7-12)19(21)22;1-2-3;1-2/h2-9H,10H2,1H3,(H,18,20);3H,2H2,1H3;1-2H3. The number of nitrogens with zero attached hydrogens (tertiary/aromatic N) is 3. The summed E-state index contributed by atoms with van der Waals surface area (Å²) in [5.41, 5.74) is 1.87. The maximum Gasteiger partial charge on any atom is 0.270 e. The number of oxime groups is 1. The predicted molar refractivity (Wildman–Crippen MR) is 115 cm³/mol. The molecule has 28 heavy (non-hydrogen) atoms. The number of nitro groups is 1. The van der Waals surface area contributed by atoms with Crippen molar-refractivity contribution in [3.05, 3.63) is 64.0 Å². The molecule has 0 saturated heterocycles. The fourth-order valence-corrected chi connectivity index (χ4v) is 1.65. The minimum atomic E-state index is -0.499. The van der Waals surface area contributed by atoms with E-state index >= 15 is 0 Å². The lowest BCUT2D eigenvalue weighted by Gasteiger charge is -2.03. The number of pyridine rings is 1. The fraction of sp³-hybridized carbons (Fsp3) is 0.316. The topological polar surface area (TPSA) is 107 Å². The number of anilines is 1. The van der Waals surface area contributed by atoms with Crippen molar-refractivity contribution >= 4 is 36.1 Å². The molecule has 1 aromatic heterocycles. The van der Waals surface area contributed by atoms with Crippen molar-refractivity contribution in [3.63, 3.8) is 0 Å². The van der Waals surface area contributed by atoms with Gasteiger partial charge in [0.05, 0.1) is 23.0 Å². The average Bonchev–Trinajstić information content (AvgIpc) is 2.69. The molecule has 8 nitrogen and oxygen atoms in total. The first-order chi connectivity index (χ1) is 13.5. The van der Waals surface area contributed by atoms with Crippen LogP contribution in [0.2, 0.25) is 0 Å². The lowest BCUT2D eigenvalue weighted by Crippen LogP contribution is -2.17. The van der Waals surface area contributed by atoms with Gasteiger partial charge in [0.15, 0.2) is 6.61 Å². The Morgan fingerprint density at radius 1 is 1.36 bits per heavy atom. The van der Waals surface area contributed by atoms with E-state index in [9.17, 15) is 14.9 Å². The lowest BCUT2D eigenvalue weighted by atomic mass is 10.2. The molecule has 1 amide bonds. The van der Waals surface area contributed by atoms with E-state index < -0.39 is 4.92 Å². The highest BCUT2D eigenvalue weighted by Crippen LogP contribution is 2.11. The highest BCUT2D eigenvalue weighted by Gasteiger charge is 2.05. The minimum Gasteiger partial charge on any atom is -0.386 e. The molecule has 0 saturated carbocycles. The second kappa shape index (κ2) is 15.2. The number of nitrogens with one attached hydrogen (secondary N) is 1. The largest absolute Gasteiger partial charge is 0.386 e. The van der Waals surface area contributed by atoms with Gasteiger partial charge >= 0.3 is 0 Å². The van der Waals surface area contributed by atoms with E-state index in [-0.39, 0.29) is 18.2 Å².